The minimum atomic E-state index is -0.933. The van der Waals surface area contributed by atoms with Crippen molar-refractivity contribution in [3.05, 3.63) is 47.7 Å². The van der Waals surface area contributed by atoms with Gasteiger partial charge >= 0.3 is 0 Å². The summed E-state index contributed by atoms with van der Waals surface area (Å²) >= 11 is 0. The Bertz CT molecular complexity index is 324. The zero-order chi connectivity index (χ0) is 10.4. The molecule has 0 atom stereocenters. The summed E-state index contributed by atoms with van der Waals surface area (Å²) in [4.78, 5) is 0. The molecule has 0 spiro atoms. The average Bonchev–Trinajstić information content (AvgIpc) is 2.13. The monoisotopic (exact) mass is 202 g/mol. The Kier molecular flexibility index (Phi) is 3.93. The molecule has 0 aliphatic heterocycles. The average molecular weight is 202 g/mol. The van der Waals surface area contributed by atoms with Crippen LogP contribution in [0.4, 0.5) is 0 Å². The summed E-state index contributed by atoms with van der Waals surface area (Å²) in [6.45, 7) is 7.11. The van der Waals surface area contributed by atoms with E-state index in [2.05, 4.69) is 43.6 Å². The summed E-state index contributed by atoms with van der Waals surface area (Å²) in [6.07, 6.45) is 4.21. The van der Waals surface area contributed by atoms with E-state index in [9.17, 15) is 0 Å². The Morgan fingerprint density at radius 3 is 2.36 bits per heavy atom. The highest BCUT2D eigenvalue weighted by molar-refractivity contribution is 6.76. The summed E-state index contributed by atoms with van der Waals surface area (Å²) in [5.41, 5.74) is 4.46. The van der Waals surface area contributed by atoms with Crippen molar-refractivity contribution in [3.63, 3.8) is 0 Å². The number of benzene rings is 1. The van der Waals surface area contributed by atoms with Gasteiger partial charge in [-0.2, -0.15) is 0 Å². The van der Waals surface area contributed by atoms with E-state index in [1.54, 1.807) is 0 Å². The second-order valence-corrected chi connectivity index (χ2v) is 10.2. The van der Waals surface area contributed by atoms with Crippen molar-refractivity contribution in [2.45, 2.75) is 25.7 Å². The molecular weight excluding hydrogens is 184 g/mol. The highest BCUT2D eigenvalue weighted by atomic mass is 28.3. The summed E-state index contributed by atoms with van der Waals surface area (Å²) in [5, 5.41) is 0. The first-order valence-electron chi connectivity index (χ1n) is 5.04. The number of allylic oxidation sites excluding steroid dienone is 1. The first-order chi connectivity index (χ1) is 6.58. The fraction of sp³-hybridized carbons (Fsp3) is 0.308. The molecule has 1 heteroatoms. The van der Waals surface area contributed by atoms with Crippen LogP contribution in [-0.2, 0) is 0 Å². The molecule has 0 saturated carbocycles. The fourth-order valence-electron chi connectivity index (χ4n) is 1.07. The fourth-order valence-corrected chi connectivity index (χ4v) is 1.80. The van der Waals surface area contributed by atoms with Crippen molar-refractivity contribution in [2.24, 2.45) is 0 Å². The number of rotatable bonds is 3. The van der Waals surface area contributed by atoms with Gasteiger partial charge in [-0.1, -0.05) is 50.0 Å². The van der Waals surface area contributed by atoms with Crippen molar-refractivity contribution in [1.82, 2.24) is 0 Å². The van der Waals surface area contributed by atoms with Gasteiger partial charge in [-0.25, -0.2) is 0 Å². The van der Waals surface area contributed by atoms with Gasteiger partial charge in [-0.15, -0.1) is 5.73 Å². The first-order valence-corrected chi connectivity index (χ1v) is 8.75. The minimum absolute atomic E-state index is 0.933. The molecule has 0 fully saturated rings. The lowest BCUT2D eigenvalue weighted by atomic mass is 10.2. The van der Waals surface area contributed by atoms with Crippen LogP contribution in [-0.4, -0.2) is 8.07 Å². The lowest BCUT2D eigenvalue weighted by Gasteiger charge is -2.10. The third-order valence-corrected chi connectivity index (χ3v) is 3.31. The Morgan fingerprint density at radius 1 is 1.14 bits per heavy atom. The predicted octanol–water partition coefficient (Wildman–Crippen LogP) is 4.19. The van der Waals surface area contributed by atoms with Gasteiger partial charge in [0.15, 0.2) is 0 Å². The van der Waals surface area contributed by atoms with Crippen LogP contribution in [0, 0.1) is 0 Å². The van der Waals surface area contributed by atoms with E-state index in [0.29, 0.717) is 0 Å². The Labute approximate surface area is 88.0 Å². The standard InChI is InChI=1S/C13H18Si/c1-14(2,3)12-8-7-11-13-9-5-4-6-10-13/h4-6,8-11H,12H2,1-3H3. The molecule has 1 aromatic rings. The predicted molar refractivity (Wildman–Crippen MR) is 67.1 cm³/mol. The minimum Gasteiger partial charge on any atom is -0.125 e. The number of hydrogen-bond donors (Lipinski definition) is 0. The molecule has 0 radical (unpaired) electrons. The second kappa shape index (κ2) is 4.99. The molecule has 14 heavy (non-hydrogen) atoms. The van der Waals surface area contributed by atoms with Gasteiger partial charge in [0.2, 0.25) is 0 Å². The van der Waals surface area contributed by atoms with Crippen LogP contribution in [0.1, 0.15) is 5.56 Å². The Hall–Kier alpha value is -1.04. The highest BCUT2D eigenvalue weighted by Crippen LogP contribution is 2.08. The SMILES string of the molecule is C[Si](C)(C)CC=C=Cc1ccccc1. The maximum Gasteiger partial charge on any atom is 0.0487 e. The van der Waals surface area contributed by atoms with Gasteiger partial charge < -0.3 is 0 Å². The van der Waals surface area contributed by atoms with Crippen LogP contribution in [0.15, 0.2) is 42.1 Å². The topological polar surface area (TPSA) is 0 Å². The largest absolute Gasteiger partial charge is 0.125 e. The van der Waals surface area contributed by atoms with Gasteiger partial charge in [-0.05, 0) is 23.8 Å². The molecule has 1 aromatic carbocycles. The van der Waals surface area contributed by atoms with Crippen LogP contribution in [0.2, 0.25) is 25.7 Å². The van der Waals surface area contributed by atoms with Crippen molar-refractivity contribution < 1.29 is 0 Å². The van der Waals surface area contributed by atoms with E-state index in [4.69, 9.17) is 0 Å². The third-order valence-electron chi connectivity index (χ3n) is 1.88. The summed E-state index contributed by atoms with van der Waals surface area (Å²) < 4.78 is 0. The summed E-state index contributed by atoms with van der Waals surface area (Å²) in [6, 6.07) is 11.5. The Balaban J connectivity index is 2.57. The molecule has 0 unspecified atom stereocenters. The Morgan fingerprint density at radius 2 is 1.79 bits per heavy atom. The van der Waals surface area contributed by atoms with Gasteiger partial charge in [0, 0.05) is 8.07 Å². The van der Waals surface area contributed by atoms with Crippen LogP contribution < -0.4 is 0 Å². The van der Waals surface area contributed by atoms with Gasteiger partial charge in [0.25, 0.3) is 0 Å². The number of hydrogen-bond acceptors (Lipinski definition) is 0. The maximum atomic E-state index is 3.24. The van der Waals surface area contributed by atoms with Crippen molar-refractivity contribution in [2.75, 3.05) is 0 Å². The highest BCUT2D eigenvalue weighted by Gasteiger charge is 2.08. The molecule has 0 aromatic heterocycles. The van der Waals surface area contributed by atoms with Crippen LogP contribution in [0.25, 0.3) is 6.08 Å². The van der Waals surface area contributed by atoms with Crippen LogP contribution in [0.3, 0.4) is 0 Å². The molecule has 0 aliphatic carbocycles. The summed E-state index contributed by atoms with van der Waals surface area (Å²) in [5.74, 6) is 0. The molecule has 0 N–H and O–H groups in total. The van der Waals surface area contributed by atoms with Gasteiger partial charge in [0.05, 0.1) is 0 Å². The first kappa shape index (κ1) is 11.0. The lowest BCUT2D eigenvalue weighted by molar-refractivity contribution is 1.52. The van der Waals surface area contributed by atoms with Gasteiger partial charge in [0.1, 0.15) is 0 Å². The van der Waals surface area contributed by atoms with Crippen molar-refractivity contribution >= 4 is 14.1 Å². The van der Waals surface area contributed by atoms with E-state index in [1.165, 1.54) is 11.6 Å². The quantitative estimate of drug-likeness (QED) is 0.509. The zero-order valence-corrected chi connectivity index (χ0v) is 10.2. The maximum absolute atomic E-state index is 3.24. The van der Waals surface area contributed by atoms with E-state index < -0.39 is 8.07 Å². The van der Waals surface area contributed by atoms with Crippen molar-refractivity contribution in [1.29, 1.82) is 0 Å². The molecule has 0 amide bonds. The normalized spacial score (nSPS) is 10.5. The van der Waals surface area contributed by atoms with Crippen LogP contribution >= 0.6 is 0 Å². The molecular formula is C13H18Si. The molecule has 0 heterocycles. The zero-order valence-electron chi connectivity index (χ0n) is 9.25. The summed E-state index contributed by atoms with van der Waals surface area (Å²) in [7, 11) is -0.933. The molecule has 0 aliphatic rings. The molecule has 0 nitrogen and oxygen atoms in total. The second-order valence-electron chi connectivity index (χ2n) is 4.69. The van der Waals surface area contributed by atoms with E-state index in [-0.39, 0.29) is 0 Å². The van der Waals surface area contributed by atoms with Crippen LogP contribution in [0.5, 0.6) is 0 Å². The smallest absolute Gasteiger partial charge is 0.0487 e. The van der Waals surface area contributed by atoms with Gasteiger partial charge in [-0.3, -0.25) is 0 Å². The molecule has 1 rings (SSSR count). The molecule has 74 valence electrons. The molecule has 0 bridgehead atoms. The lowest BCUT2D eigenvalue weighted by Crippen LogP contribution is -2.17. The van der Waals surface area contributed by atoms with E-state index in [0.717, 1.165) is 0 Å². The van der Waals surface area contributed by atoms with E-state index in [1.807, 2.05) is 24.3 Å². The van der Waals surface area contributed by atoms with E-state index >= 15 is 0 Å². The third kappa shape index (κ3) is 4.86. The van der Waals surface area contributed by atoms with Crippen molar-refractivity contribution in [3.8, 4) is 0 Å². The molecule has 0 saturated heterocycles.